The summed E-state index contributed by atoms with van der Waals surface area (Å²) in [5.41, 5.74) is 0.228. The smallest absolute Gasteiger partial charge is 0.253 e. The number of aryl methyl sites for hydroxylation is 1. The lowest BCUT2D eigenvalue weighted by Crippen LogP contribution is -2.57. The van der Waals surface area contributed by atoms with Crippen LogP contribution < -0.4 is 4.90 Å². The van der Waals surface area contributed by atoms with Crippen LogP contribution in [0.15, 0.2) is 43.5 Å². The van der Waals surface area contributed by atoms with E-state index in [9.17, 15) is 19.5 Å². The zero-order chi connectivity index (χ0) is 28.5. The number of likely N-dealkylation sites (tertiary alicyclic amines) is 1. The summed E-state index contributed by atoms with van der Waals surface area (Å²) < 4.78 is 6.62. The fourth-order valence-electron chi connectivity index (χ4n) is 6.57. The Hall–Kier alpha value is -2.20. The van der Waals surface area contributed by atoms with Crippen molar-refractivity contribution in [3.05, 3.63) is 54.1 Å². The molecule has 39 heavy (non-hydrogen) atoms. The predicted octanol–water partition coefficient (Wildman–Crippen LogP) is 3.72. The van der Waals surface area contributed by atoms with Gasteiger partial charge in [-0.15, -0.1) is 13.2 Å². The minimum Gasteiger partial charge on any atom is -0.396 e. The largest absolute Gasteiger partial charge is 0.396 e. The molecule has 2 bridgehead atoms. The molecule has 1 N–H and O–H groups in total. The molecule has 3 amide bonds. The summed E-state index contributed by atoms with van der Waals surface area (Å²) in [7, 11) is 1.69. The number of rotatable bonds is 12. The van der Waals surface area contributed by atoms with Gasteiger partial charge >= 0.3 is 0 Å². The molecule has 3 fully saturated rings. The number of aliphatic hydroxyl groups excluding tert-OH is 1. The number of likely N-dealkylation sites (N-methyl/N-ethyl adjacent to an activating group) is 1. The Balaban J connectivity index is 1.80. The lowest BCUT2D eigenvalue weighted by molar-refractivity contribution is -0.144. The summed E-state index contributed by atoms with van der Waals surface area (Å²) in [6.45, 7) is 10.4. The molecule has 8 nitrogen and oxygen atoms in total. The molecular formula is C29H37BrClN3O5. The molecule has 0 radical (unpaired) electrons. The van der Waals surface area contributed by atoms with Gasteiger partial charge in [0, 0.05) is 38.1 Å². The first kappa shape index (κ1) is 29.8. The van der Waals surface area contributed by atoms with Crippen molar-refractivity contribution in [2.75, 3.05) is 38.2 Å². The van der Waals surface area contributed by atoms with E-state index in [2.05, 4.69) is 29.1 Å². The van der Waals surface area contributed by atoms with Crippen LogP contribution in [0.2, 0.25) is 5.02 Å². The Morgan fingerprint density at radius 1 is 1.23 bits per heavy atom. The van der Waals surface area contributed by atoms with Gasteiger partial charge in [0.1, 0.15) is 11.6 Å². The number of halogens is 2. The van der Waals surface area contributed by atoms with Crippen molar-refractivity contribution >= 4 is 50.9 Å². The third-order valence-electron chi connectivity index (χ3n) is 8.18. The second-order valence-corrected chi connectivity index (χ2v) is 12.2. The van der Waals surface area contributed by atoms with Crippen molar-refractivity contribution in [1.82, 2.24) is 9.80 Å². The molecule has 212 valence electrons. The number of hydrogen-bond acceptors (Lipinski definition) is 5. The van der Waals surface area contributed by atoms with E-state index >= 15 is 0 Å². The lowest BCUT2D eigenvalue weighted by Gasteiger charge is -2.37. The van der Waals surface area contributed by atoms with E-state index in [1.165, 1.54) is 0 Å². The lowest BCUT2D eigenvalue weighted by atomic mass is 9.70. The van der Waals surface area contributed by atoms with Gasteiger partial charge in [0.2, 0.25) is 11.8 Å². The highest BCUT2D eigenvalue weighted by molar-refractivity contribution is 9.09. The van der Waals surface area contributed by atoms with E-state index in [1.54, 1.807) is 40.0 Å². The van der Waals surface area contributed by atoms with Crippen LogP contribution in [0.3, 0.4) is 0 Å². The highest BCUT2D eigenvalue weighted by Gasteiger charge is 2.76. The van der Waals surface area contributed by atoms with E-state index in [0.29, 0.717) is 49.5 Å². The molecule has 0 aromatic heterocycles. The molecule has 0 aliphatic carbocycles. The average molecular weight is 623 g/mol. The predicted molar refractivity (Wildman–Crippen MR) is 155 cm³/mol. The maximum Gasteiger partial charge on any atom is 0.253 e. The van der Waals surface area contributed by atoms with Crippen molar-refractivity contribution in [3.8, 4) is 0 Å². The standard InChI is InChI=1S/C29H37BrClN3O5/c1-5-13-32(4)26(36)21-22-27(37)34(15-8-7-9-16-35)25(29(22)17-19(30)24(21)39-29)28(38)33(14-6-2)23-18(3)11-10-12-20(23)31/h5-6,10-12,19,21-22,24-25,35H,1-2,7-9,13-17H2,3-4H3/t19?,21-,22+,24-,25?,29?/m1/s1. The molecule has 3 saturated heterocycles. The summed E-state index contributed by atoms with van der Waals surface area (Å²) in [6, 6.07) is 4.50. The van der Waals surface area contributed by atoms with E-state index in [-0.39, 0.29) is 35.7 Å². The Kier molecular flexibility index (Phi) is 9.26. The monoisotopic (exact) mass is 621 g/mol. The Bertz CT molecular complexity index is 1130. The van der Waals surface area contributed by atoms with Gasteiger partial charge in [-0.2, -0.15) is 0 Å². The van der Waals surface area contributed by atoms with Gasteiger partial charge in [0.05, 0.1) is 28.6 Å². The maximum absolute atomic E-state index is 14.6. The average Bonchev–Trinajstić information content (AvgIpc) is 3.48. The van der Waals surface area contributed by atoms with Gasteiger partial charge in [-0.1, -0.05) is 51.8 Å². The molecule has 3 aliphatic heterocycles. The van der Waals surface area contributed by atoms with Gasteiger partial charge in [-0.25, -0.2) is 0 Å². The van der Waals surface area contributed by atoms with Gasteiger partial charge in [0.15, 0.2) is 0 Å². The van der Waals surface area contributed by atoms with Gasteiger partial charge in [-0.05, 0) is 44.2 Å². The molecule has 10 heteroatoms. The molecule has 0 saturated carbocycles. The SMILES string of the molecule is C=CCN(C)C(=O)[C@H]1[C@@H]2OC3(CC2Br)C(C(=O)N(CC=C)c2c(C)cccc2Cl)N(CCCCCO)C(=O)[C@H]13. The van der Waals surface area contributed by atoms with E-state index in [0.717, 1.165) is 5.56 Å². The van der Waals surface area contributed by atoms with Crippen molar-refractivity contribution < 1.29 is 24.2 Å². The van der Waals surface area contributed by atoms with Crippen LogP contribution in [-0.2, 0) is 19.1 Å². The molecule has 1 aromatic rings. The number of carbonyl (C=O) groups excluding carboxylic acids is 3. The highest BCUT2D eigenvalue weighted by atomic mass is 79.9. The zero-order valence-electron chi connectivity index (χ0n) is 22.5. The topological polar surface area (TPSA) is 90.4 Å². The van der Waals surface area contributed by atoms with E-state index in [1.807, 2.05) is 19.1 Å². The Labute approximate surface area is 243 Å². The normalized spacial score (nSPS) is 28.9. The summed E-state index contributed by atoms with van der Waals surface area (Å²) in [5.74, 6) is -2.23. The summed E-state index contributed by atoms with van der Waals surface area (Å²) in [4.78, 5) is 47.0. The fraction of sp³-hybridized carbons (Fsp3) is 0.552. The third-order valence-corrected chi connectivity index (χ3v) is 9.33. The number of nitrogens with zero attached hydrogens (tertiary/aromatic N) is 3. The first-order valence-corrected chi connectivity index (χ1v) is 14.7. The number of ether oxygens (including phenoxy) is 1. The molecule has 1 aromatic carbocycles. The minimum absolute atomic E-state index is 0.0596. The number of anilines is 1. The van der Waals surface area contributed by atoms with Crippen LogP contribution in [0.1, 0.15) is 31.2 Å². The number of carbonyl (C=O) groups is 3. The van der Waals surface area contributed by atoms with Crippen LogP contribution in [-0.4, -0.2) is 88.5 Å². The molecule has 6 atom stereocenters. The fourth-order valence-corrected chi connectivity index (χ4v) is 7.84. The van der Waals surface area contributed by atoms with Crippen LogP contribution >= 0.6 is 27.5 Å². The number of alkyl halides is 1. The third kappa shape index (κ3) is 5.07. The number of hydrogen-bond donors (Lipinski definition) is 1. The molecule has 3 heterocycles. The first-order valence-electron chi connectivity index (χ1n) is 13.4. The van der Waals surface area contributed by atoms with Gasteiger partial charge in [-0.3, -0.25) is 14.4 Å². The molecule has 1 spiro atoms. The Morgan fingerprint density at radius 3 is 2.59 bits per heavy atom. The number of unbranched alkanes of at least 4 members (excludes halogenated alkanes) is 2. The number of aliphatic hydroxyl groups is 1. The number of para-hydroxylation sites is 1. The zero-order valence-corrected chi connectivity index (χ0v) is 24.9. The van der Waals surface area contributed by atoms with E-state index < -0.39 is 29.6 Å². The Morgan fingerprint density at radius 2 is 1.95 bits per heavy atom. The van der Waals surface area contributed by atoms with Gasteiger partial charge in [0.25, 0.3) is 5.91 Å². The van der Waals surface area contributed by atoms with Gasteiger partial charge < -0.3 is 24.5 Å². The highest BCUT2D eigenvalue weighted by Crippen LogP contribution is 2.60. The minimum atomic E-state index is -1.16. The van der Waals surface area contributed by atoms with Crippen LogP contribution in [0.5, 0.6) is 0 Å². The summed E-state index contributed by atoms with van der Waals surface area (Å²) in [6.07, 6.45) is 5.09. The number of benzene rings is 1. The molecule has 3 aliphatic rings. The van der Waals surface area contributed by atoms with Crippen molar-refractivity contribution in [2.45, 2.75) is 55.2 Å². The maximum atomic E-state index is 14.6. The number of amides is 3. The van der Waals surface area contributed by atoms with Crippen molar-refractivity contribution in [3.63, 3.8) is 0 Å². The van der Waals surface area contributed by atoms with E-state index in [4.69, 9.17) is 16.3 Å². The molecular weight excluding hydrogens is 586 g/mol. The molecule has 3 unspecified atom stereocenters. The summed E-state index contributed by atoms with van der Waals surface area (Å²) >= 11 is 10.3. The summed E-state index contributed by atoms with van der Waals surface area (Å²) in [5, 5.41) is 9.68. The van der Waals surface area contributed by atoms with Crippen LogP contribution in [0.4, 0.5) is 5.69 Å². The quantitative estimate of drug-likeness (QED) is 0.218. The van der Waals surface area contributed by atoms with Crippen LogP contribution in [0, 0.1) is 18.8 Å². The second kappa shape index (κ2) is 12.1. The van der Waals surface area contributed by atoms with Crippen molar-refractivity contribution in [1.29, 1.82) is 0 Å². The number of fused-ring (bicyclic) bond motifs is 1. The molecule has 4 rings (SSSR count). The van der Waals surface area contributed by atoms with Crippen LogP contribution in [0.25, 0.3) is 0 Å². The second-order valence-electron chi connectivity index (χ2n) is 10.6. The first-order chi connectivity index (χ1) is 18.6. The van der Waals surface area contributed by atoms with Crippen molar-refractivity contribution in [2.24, 2.45) is 11.8 Å².